The van der Waals surface area contributed by atoms with Crippen LogP contribution in [0.5, 0.6) is 0 Å². The maximum absolute atomic E-state index is 12.6. The first-order valence-electron chi connectivity index (χ1n) is 13.4. The third-order valence-electron chi connectivity index (χ3n) is 5.97. The molecule has 0 aromatic carbocycles. The van der Waals surface area contributed by atoms with E-state index in [1.807, 2.05) is 44.4 Å². The van der Waals surface area contributed by atoms with E-state index in [-0.39, 0.29) is 5.78 Å². The van der Waals surface area contributed by atoms with Crippen LogP contribution in [-0.2, 0) is 4.79 Å². The molecule has 3 heteroatoms. The number of nitrogens with zero attached hydrogens (tertiary/aromatic N) is 1. The smallest absolute Gasteiger partial charge is 0.162 e. The molecule has 3 nitrogen and oxygen atoms in total. The van der Waals surface area contributed by atoms with Gasteiger partial charge in [0.05, 0.1) is 6.54 Å². The van der Waals surface area contributed by atoms with Crippen molar-refractivity contribution < 1.29 is 4.79 Å². The van der Waals surface area contributed by atoms with Gasteiger partial charge in [0.25, 0.3) is 0 Å². The third-order valence-corrected chi connectivity index (χ3v) is 5.97. The van der Waals surface area contributed by atoms with Crippen molar-refractivity contribution in [3.63, 3.8) is 0 Å². The second-order valence-electron chi connectivity index (χ2n) is 8.74. The molecule has 0 fully saturated rings. The van der Waals surface area contributed by atoms with E-state index >= 15 is 0 Å². The first-order valence-corrected chi connectivity index (χ1v) is 13.4. The highest BCUT2D eigenvalue weighted by atomic mass is 16.1. The predicted molar refractivity (Wildman–Crippen MR) is 168 cm³/mol. The Kier molecular flexibility index (Phi) is 21.7. The van der Waals surface area contributed by atoms with Gasteiger partial charge in [-0.2, -0.15) is 0 Å². The monoisotopic (exact) mass is 504 g/mol. The molecule has 0 amide bonds. The number of hydrogen-bond donors (Lipinski definition) is 1. The van der Waals surface area contributed by atoms with Crippen LogP contribution in [0.3, 0.4) is 0 Å². The van der Waals surface area contributed by atoms with Crippen molar-refractivity contribution >= 4 is 12.0 Å². The lowest BCUT2D eigenvalue weighted by molar-refractivity contribution is -0.115. The second kappa shape index (κ2) is 22.2. The molecule has 0 saturated heterocycles. The Morgan fingerprint density at radius 1 is 1.03 bits per heavy atom. The van der Waals surface area contributed by atoms with E-state index in [9.17, 15) is 4.79 Å². The van der Waals surface area contributed by atoms with E-state index in [2.05, 4.69) is 83.3 Å². The number of ketones is 1. The van der Waals surface area contributed by atoms with Crippen LogP contribution < -0.4 is 5.73 Å². The third kappa shape index (κ3) is 13.7. The normalized spacial score (nSPS) is 13.8. The summed E-state index contributed by atoms with van der Waals surface area (Å²) in [5.74, 6) is 0.479. The summed E-state index contributed by atoms with van der Waals surface area (Å²) < 4.78 is 0. The summed E-state index contributed by atoms with van der Waals surface area (Å²) in [6.07, 6.45) is 21.3. The molecule has 0 aromatic rings. The molecule has 204 valence electrons. The molecule has 0 aliphatic rings. The van der Waals surface area contributed by atoms with Crippen molar-refractivity contribution in [2.75, 3.05) is 13.6 Å². The first-order chi connectivity index (χ1) is 17.7. The Labute approximate surface area is 228 Å². The van der Waals surface area contributed by atoms with Crippen molar-refractivity contribution in [3.05, 3.63) is 107 Å². The molecule has 0 radical (unpaired) electrons. The molecule has 0 aromatic heterocycles. The number of allylic oxidation sites excluding steroid dienone is 14. The van der Waals surface area contributed by atoms with Crippen LogP contribution in [0.15, 0.2) is 112 Å². The molecule has 0 spiro atoms. The lowest BCUT2D eigenvalue weighted by atomic mass is 9.85. The zero-order valence-corrected chi connectivity index (χ0v) is 24.9. The summed E-state index contributed by atoms with van der Waals surface area (Å²) in [5, 5.41) is 0. The molecule has 0 rings (SSSR count). The molecule has 37 heavy (non-hydrogen) atoms. The van der Waals surface area contributed by atoms with Crippen molar-refractivity contribution in [1.29, 1.82) is 0 Å². The molecule has 1 unspecified atom stereocenters. The largest absolute Gasteiger partial charge is 0.333 e. The van der Waals surface area contributed by atoms with Crippen LogP contribution >= 0.6 is 0 Å². The highest BCUT2D eigenvalue weighted by Crippen LogP contribution is 2.27. The Hall–Kier alpha value is -3.04. The average molecular weight is 505 g/mol. The fourth-order valence-electron chi connectivity index (χ4n) is 3.79. The van der Waals surface area contributed by atoms with Gasteiger partial charge in [-0.1, -0.05) is 101 Å². The van der Waals surface area contributed by atoms with Gasteiger partial charge in [0.2, 0.25) is 0 Å². The fourth-order valence-corrected chi connectivity index (χ4v) is 3.79. The lowest BCUT2D eigenvalue weighted by Gasteiger charge is -2.19. The average Bonchev–Trinajstić information content (AvgIpc) is 2.91. The lowest BCUT2D eigenvalue weighted by Crippen LogP contribution is -2.11. The second-order valence-corrected chi connectivity index (χ2v) is 8.74. The van der Waals surface area contributed by atoms with Crippen LogP contribution in [0.1, 0.15) is 74.1 Å². The summed E-state index contributed by atoms with van der Waals surface area (Å²) >= 11 is 0. The molecule has 1 atom stereocenters. The van der Waals surface area contributed by atoms with Crippen LogP contribution in [0.4, 0.5) is 0 Å². The summed E-state index contributed by atoms with van der Waals surface area (Å²) in [5.41, 5.74) is 11.7. The zero-order chi connectivity index (χ0) is 28.8. The molecule has 0 aliphatic heterocycles. The molecular weight excluding hydrogens is 452 g/mol. The van der Waals surface area contributed by atoms with Crippen molar-refractivity contribution in [3.8, 4) is 0 Å². The van der Waals surface area contributed by atoms with Crippen LogP contribution in [-0.4, -0.2) is 25.6 Å². The van der Waals surface area contributed by atoms with Crippen molar-refractivity contribution in [2.24, 2.45) is 16.6 Å². The number of Topliss-reactive ketones (excluding diaryl/α,β-unsaturated/α-hetero) is 1. The molecule has 0 saturated carbocycles. The van der Waals surface area contributed by atoms with Crippen molar-refractivity contribution in [2.45, 2.75) is 74.1 Å². The molecule has 2 N–H and O–H groups in total. The molecule has 0 bridgehead atoms. The zero-order valence-electron chi connectivity index (χ0n) is 24.9. The number of nitrogens with two attached hydrogens (primary N) is 1. The van der Waals surface area contributed by atoms with E-state index < -0.39 is 0 Å². The van der Waals surface area contributed by atoms with Gasteiger partial charge in [-0.15, -0.1) is 0 Å². The number of carbonyl (C=O) groups is 1. The topological polar surface area (TPSA) is 55.5 Å². The predicted octanol–water partition coefficient (Wildman–Crippen LogP) is 9.00. The summed E-state index contributed by atoms with van der Waals surface area (Å²) in [7, 11) is 1.50. The van der Waals surface area contributed by atoms with Crippen LogP contribution in [0.2, 0.25) is 0 Å². The maximum Gasteiger partial charge on any atom is 0.162 e. The Balaban J connectivity index is 0. The maximum atomic E-state index is 12.6. The Bertz CT molecular complexity index is 958. The van der Waals surface area contributed by atoms with E-state index in [0.717, 1.165) is 58.3 Å². The van der Waals surface area contributed by atoms with Crippen LogP contribution in [0, 0.1) is 5.92 Å². The molecule has 0 heterocycles. The van der Waals surface area contributed by atoms with Gasteiger partial charge >= 0.3 is 0 Å². The highest BCUT2D eigenvalue weighted by Gasteiger charge is 2.17. The summed E-state index contributed by atoms with van der Waals surface area (Å²) in [6, 6.07) is 0. The highest BCUT2D eigenvalue weighted by molar-refractivity contribution is 5.99. The SMILES string of the molecule is C=C\C=C/C(=C\C)C(/C)=C/C=C(\C=C)C(C=NC/C=C(\C(=C)C(CC)CCC)C(=O)CC)=C(C)C.CN. The van der Waals surface area contributed by atoms with Gasteiger partial charge in [0, 0.05) is 18.2 Å². The first kappa shape index (κ1) is 36.1. The minimum atomic E-state index is 0.139. The fraction of sp³-hybridized carbons (Fsp3) is 0.412. The summed E-state index contributed by atoms with van der Waals surface area (Å²) in [4.78, 5) is 17.3. The van der Waals surface area contributed by atoms with Gasteiger partial charge < -0.3 is 5.73 Å². The molecule has 0 aliphatic carbocycles. The van der Waals surface area contributed by atoms with Gasteiger partial charge in [-0.25, -0.2) is 0 Å². The minimum absolute atomic E-state index is 0.139. The number of hydrogen-bond acceptors (Lipinski definition) is 3. The van der Waals surface area contributed by atoms with E-state index in [1.54, 1.807) is 6.08 Å². The molecular formula is C34H52N2O. The Morgan fingerprint density at radius 2 is 1.68 bits per heavy atom. The number of rotatable bonds is 16. The quantitative estimate of drug-likeness (QED) is 0.129. The van der Waals surface area contributed by atoms with Gasteiger partial charge in [0.1, 0.15) is 0 Å². The van der Waals surface area contributed by atoms with Gasteiger partial charge in [-0.05, 0) is 81.4 Å². The van der Waals surface area contributed by atoms with E-state index in [1.165, 1.54) is 7.05 Å². The minimum Gasteiger partial charge on any atom is -0.333 e. The van der Waals surface area contributed by atoms with Gasteiger partial charge in [-0.3, -0.25) is 9.79 Å². The Morgan fingerprint density at radius 3 is 2.14 bits per heavy atom. The standard InChI is InChI=1S/C33H47NO.CH5N/c1-11-17-19-28(13-3)26(9)20-21-30(15-5)32(25(7)8)24-34-23-22-31(33(35)16-6)27(10)29(14-4)18-12-2;1-2/h11,13,15,17,19-22,24,29H,1,5,10,12,14,16,18,23H2,2-4,6-9H3;2H2,1H3/b19-17-,26-20+,28-13+,30-21+,31-22+,34-24?;. The van der Waals surface area contributed by atoms with Crippen molar-refractivity contribution in [1.82, 2.24) is 0 Å². The van der Waals surface area contributed by atoms with E-state index in [0.29, 0.717) is 18.9 Å². The van der Waals surface area contributed by atoms with Gasteiger partial charge in [0.15, 0.2) is 5.78 Å². The number of aliphatic imine (C=N–C) groups is 1. The van der Waals surface area contributed by atoms with E-state index in [4.69, 9.17) is 0 Å². The number of carbonyl (C=O) groups excluding carboxylic acids is 1. The summed E-state index contributed by atoms with van der Waals surface area (Å²) in [6.45, 7) is 27.0. The van der Waals surface area contributed by atoms with Crippen LogP contribution in [0.25, 0.3) is 0 Å².